The first-order valence-electron chi connectivity index (χ1n) is 6.64. The molecule has 1 aromatic carbocycles. The van der Waals surface area contributed by atoms with E-state index in [1.54, 1.807) is 0 Å². The van der Waals surface area contributed by atoms with E-state index in [0.29, 0.717) is 12.7 Å². The van der Waals surface area contributed by atoms with E-state index in [1.807, 2.05) is 12.1 Å². The molecule has 1 aromatic rings. The normalized spacial score (nSPS) is 14.7. The van der Waals surface area contributed by atoms with E-state index >= 15 is 0 Å². The molecule has 2 rings (SSSR count). The Bertz CT molecular complexity index is 425. The zero-order valence-corrected chi connectivity index (χ0v) is 12.7. The number of hydrogen-bond donors (Lipinski definition) is 2. The first-order chi connectivity index (χ1) is 9.24. The summed E-state index contributed by atoms with van der Waals surface area (Å²) in [6, 6.07) is 4.06. The molecule has 0 bridgehead atoms. The Hall–Kier alpha value is -0.780. The molecule has 1 aliphatic heterocycles. The van der Waals surface area contributed by atoms with Crippen LogP contribution in [-0.4, -0.2) is 25.1 Å². The van der Waals surface area contributed by atoms with Gasteiger partial charge in [-0.1, -0.05) is 13.3 Å². The van der Waals surface area contributed by atoms with Crippen LogP contribution < -0.4 is 14.8 Å². The molecular formula is C14H20BrNO3. The summed E-state index contributed by atoms with van der Waals surface area (Å²) in [5.41, 5.74) is 1.16. The molecule has 106 valence electrons. The average molecular weight is 330 g/mol. The Morgan fingerprint density at radius 1 is 1.42 bits per heavy atom. The highest BCUT2D eigenvalue weighted by Crippen LogP contribution is 2.39. The van der Waals surface area contributed by atoms with Crippen molar-refractivity contribution >= 4 is 15.9 Å². The molecule has 5 heteroatoms. The van der Waals surface area contributed by atoms with Crippen molar-refractivity contribution in [2.24, 2.45) is 5.92 Å². The molecule has 0 saturated heterocycles. The lowest BCUT2D eigenvalue weighted by atomic mass is 10.0. The van der Waals surface area contributed by atoms with Gasteiger partial charge in [-0.2, -0.15) is 0 Å². The second kappa shape index (κ2) is 7.12. The first kappa shape index (κ1) is 14.6. The molecule has 0 aromatic heterocycles. The third kappa shape index (κ3) is 3.84. The highest BCUT2D eigenvalue weighted by Gasteiger charge is 2.17. The quantitative estimate of drug-likeness (QED) is 0.807. The maximum atomic E-state index is 8.96. The van der Waals surface area contributed by atoms with Crippen LogP contribution >= 0.6 is 15.9 Å². The van der Waals surface area contributed by atoms with Gasteiger partial charge in [0.2, 0.25) is 6.79 Å². The number of halogens is 1. The lowest BCUT2D eigenvalue weighted by molar-refractivity contribution is 0.173. The van der Waals surface area contributed by atoms with Crippen LogP contribution in [0.4, 0.5) is 0 Å². The minimum Gasteiger partial charge on any atom is -0.454 e. The summed E-state index contributed by atoms with van der Waals surface area (Å²) in [6.07, 6.45) is 1.94. The summed E-state index contributed by atoms with van der Waals surface area (Å²) in [6.45, 7) is 4.41. The van der Waals surface area contributed by atoms with Gasteiger partial charge in [-0.15, -0.1) is 0 Å². The van der Waals surface area contributed by atoms with Crippen molar-refractivity contribution in [1.82, 2.24) is 5.32 Å². The maximum absolute atomic E-state index is 8.96. The summed E-state index contributed by atoms with van der Waals surface area (Å²) in [4.78, 5) is 0. The SMILES string of the molecule is CCC(CCO)CNCc1cc(Br)c2c(c1)OCO2. The number of fused-ring (bicyclic) bond motifs is 1. The Balaban J connectivity index is 1.88. The largest absolute Gasteiger partial charge is 0.454 e. The smallest absolute Gasteiger partial charge is 0.231 e. The third-order valence-electron chi connectivity index (χ3n) is 3.36. The lowest BCUT2D eigenvalue weighted by Gasteiger charge is -2.14. The van der Waals surface area contributed by atoms with Crippen molar-refractivity contribution in [3.63, 3.8) is 0 Å². The fraction of sp³-hybridized carbons (Fsp3) is 0.571. The Morgan fingerprint density at radius 2 is 2.26 bits per heavy atom. The van der Waals surface area contributed by atoms with Gasteiger partial charge < -0.3 is 19.9 Å². The van der Waals surface area contributed by atoms with Crippen molar-refractivity contribution in [3.05, 3.63) is 22.2 Å². The predicted molar refractivity (Wildman–Crippen MR) is 77.5 cm³/mol. The van der Waals surface area contributed by atoms with E-state index in [1.165, 1.54) is 0 Å². The van der Waals surface area contributed by atoms with Gasteiger partial charge in [-0.3, -0.25) is 0 Å². The van der Waals surface area contributed by atoms with Crippen molar-refractivity contribution in [1.29, 1.82) is 0 Å². The van der Waals surface area contributed by atoms with Crippen molar-refractivity contribution < 1.29 is 14.6 Å². The van der Waals surface area contributed by atoms with Crippen LogP contribution in [0.1, 0.15) is 25.3 Å². The van der Waals surface area contributed by atoms with Gasteiger partial charge in [0.15, 0.2) is 11.5 Å². The van der Waals surface area contributed by atoms with Crippen molar-refractivity contribution in [2.75, 3.05) is 19.9 Å². The number of hydrogen-bond acceptors (Lipinski definition) is 4. The van der Waals surface area contributed by atoms with Crippen LogP contribution in [0.25, 0.3) is 0 Å². The van der Waals surface area contributed by atoms with E-state index in [9.17, 15) is 0 Å². The molecule has 0 aliphatic carbocycles. The molecule has 1 heterocycles. The standard InChI is InChI=1S/C14H20BrNO3/c1-2-10(3-4-17)7-16-8-11-5-12(15)14-13(6-11)18-9-19-14/h5-6,10,16-17H,2-4,7-9H2,1H3. The molecule has 19 heavy (non-hydrogen) atoms. The van der Waals surface area contributed by atoms with Crippen LogP contribution in [-0.2, 0) is 6.54 Å². The number of benzene rings is 1. The van der Waals surface area contributed by atoms with Gasteiger partial charge in [0, 0.05) is 13.2 Å². The lowest BCUT2D eigenvalue weighted by Crippen LogP contribution is -2.22. The van der Waals surface area contributed by atoms with E-state index in [4.69, 9.17) is 14.6 Å². The minimum atomic E-state index is 0.260. The summed E-state index contributed by atoms with van der Waals surface area (Å²) in [7, 11) is 0. The summed E-state index contributed by atoms with van der Waals surface area (Å²) in [5.74, 6) is 2.12. The molecule has 1 unspecified atom stereocenters. The highest BCUT2D eigenvalue weighted by atomic mass is 79.9. The molecule has 1 aliphatic rings. The average Bonchev–Trinajstić information content (AvgIpc) is 2.86. The molecule has 0 fully saturated rings. The van der Waals surface area contributed by atoms with Gasteiger partial charge >= 0.3 is 0 Å². The number of nitrogens with one attached hydrogen (secondary N) is 1. The molecule has 2 N–H and O–H groups in total. The van der Waals surface area contributed by atoms with E-state index in [-0.39, 0.29) is 6.61 Å². The molecular weight excluding hydrogens is 310 g/mol. The fourth-order valence-corrected chi connectivity index (χ4v) is 2.78. The predicted octanol–water partition coefficient (Wildman–Crippen LogP) is 2.68. The van der Waals surface area contributed by atoms with Crippen LogP contribution in [0.5, 0.6) is 11.5 Å². The molecule has 0 saturated carbocycles. The molecule has 4 nitrogen and oxygen atoms in total. The van der Waals surface area contributed by atoms with E-state index in [0.717, 1.165) is 47.5 Å². The second-order valence-electron chi connectivity index (χ2n) is 4.73. The second-order valence-corrected chi connectivity index (χ2v) is 5.58. The van der Waals surface area contributed by atoms with E-state index < -0.39 is 0 Å². The molecule has 0 radical (unpaired) electrons. The van der Waals surface area contributed by atoms with Crippen LogP contribution in [0.15, 0.2) is 16.6 Å². The topological polar surface area (TPSA) is 50.7 Å². The first-order valence-corrected chi connectivity index (χ1v) is 7.43. The van der Waals surface area contributed by atoms with Gasteiger partial charge in [-0.25, -0.2) is 0 Å². The molecule has 0 amide bonds. The van der Waals surface area contributed by atoms with Gasteiger partial charge in [-0.05, 0) is 52.5 Å². The van der Waals surface area contributed by atoms with Crippen LogP contribution in [0, 0.1) is 5.92 Å². The number of rotatable bonds is 7. The number of ether oxygens (including phenoxy) is 2. The number of aliphatic hydroxyl groups excluding tert-OH is 1. The third-order valence-corrected chi connectivity index (χ3v) is 3.95. The Labute approximate surface area is 122 Å². The Kier molecular flexibility index (Phi) is 5.48. The summed E-state index contributed by atoms with van der Waals surface area (Å²) < 4.78 is 11.7. The summed E-state index contributed by atoms with van der Waals surface area (Å²) >= 11 is 3.49. The zero-order valence-electron chi connectivity index (χ0n) is 11.1. The number of aliphatic hydroxyl groups is 1. The Morgan fingerprint density at radius 3 is 3.00 bits per heavy atom. The fourth-order valence-electron chi connectivity index (χ4n) is 2.18. The van der Waals surface area contributed by atoms with Crippen molar-refractivity contribution in [2.45, 2.75) is 26.3 Å². The van der Waals surface area contributed by atoms with Gasteiger partial charge in [0.05, 0.1) is 4.47 Å². The highest BCUT2D eigenvalue weighted by molar-refractivity contribution is 9.10. The molecule has 1 atom stereocenters. The minimum absolute atomic E-state index is 0.260. The summed E-state index contributed by atoms with van der Waals surface area (Å²) in [5, 5.41) is 12.4. The van der Waals surface area contributed by atoms with E-state index in [2.05, 4.69) is 28.2 Å². The monoisotopic (exact) mass is 329 g/mol. The van der Waals surface area contributed by atoms with Crippen molar-refractivity contribution in [3.8, 4) is 11.5 Å². The van der Waals surface area contributed by atoms with Gasteiger partial charge in [0.25, 0.3) is 0 Å². The molecule has 0 spiro atoms. The maximum Gasteiger partial charge on any atom is 0.231 e. The van der Waals surface area contributed by atoms with Crippen LogP contribution in [0.3, 0.4) is 0 Å². The van der Waals surface area contributed by atoms with Gasteiger partial charge in [0.1, 0.15) is 0 Å². The van der Waals surface area contributed by atoms with Crippen LogP contribution in [0.2, 0.25) is 0 Å². The zero-order chi connectivity index (χ0) is 13.7.